The van der Waals surface area contributed by atoms with E-state index in [2.05, 4.69) is 19.2 Å². The molecule has 0 fully saturated rings. The second-order valence-electron chi connectivity index (χ2n) is 9.61. The summed E-state index contributed by atoms with van der Waals surface area (Å²) in [5.41, 5.74) is 6.14. The van der Waals surface area contributed by atoms with E-state index < -0.39 is 12.1 Å². The molecule has 6 rings (SSSR count). The van der Waals surface area contributed by atoms with Crippen LogP contribution in [0.15, 0.2) is 54.6 Å². The molecule has 0 aliphatic carbocycles. The first-order valence-corrected chi connectivity index (χ1v) is 12.1. The van der Waals surface area contributed by atoms with Crippen LogP contribution in [0.2, 0.25) is 0 Å². The molecule has 0 bridgehead atoms. The fourth-order valence-electron chi connectivity index (χ4n) is 5.18. The normalized spacial score (nSPS) is 18.3. The number of halogens is 1. The zero-order chi connectivity index (χ0) is 25.0. The number of aromatic nitrogens is 2. The largest absolute Gasteiger partial charge is 0.489 e. The van der Waals surface area contributed by atoms with Crippen LogP contribution in [0.5, 0.6) is 5.75 Å². The maximum atomic E-state index is 14.2. The van der Waals surface area contributed by atoms with Crippen molar-refractivity contribution >= 4 is 22.7 Å². The first kappa shape index (κ1) is 22.5. The van der Waals surface area contributed by atoms with Crippen molar-refractivity contribution in [3.63, 3.8) is 0 Å². The van der Waals surface area contributed by atoms with E-state index in [0.717, 1.165) is 45.2 Å². The summed E-state index contributed by atoms with van der Waals surface area (Å²) >= 11 is 0. The lowest BCUT2D eigenvalue weighted by Crippen LogP contribution is -2.12. The van der Waals surface area contributed by atoms with E-state index in [4.69, 9.17) is 19.6 Å². The number of carboxylic acid groups (broad SMARTS) is 1. The van der Waals surface area contributed by atoms with Gasteiger partial charge in [-0.15, -0.1) is 0 Å². The van der Waals surface area contributed by atoms with Crippen molar-refractivity contribution in [2.45, 2.75) is 44.9 Å². The van der Waals surface area contributed by atoms with Crippen molar-refractivity contribution < 1.29 is 23.8 Å². The summed E-state index contributed by atoms with van der Waals surface area (Å²) in [4.78, 5) is 15.9. The number of nitrogens with one attached hydrogen (secondary N) is 1. The van der Waals surface area contributed by atoms with E-state index in [0.29, 0.717) is 18.7 Å². The summed E-state index contributed by atoms with van der Waals surface area (Å²) in [5, 5.41) is 12.7. The smallest absolute Gasteiger partial charge is 0.306 e. The van der Waals surface area contributed by atoms with E-state index >= 15 is 0 Å². The minimum absolute atomic E-state index is 0.0441. The third-order valence-electron chi connectivity index (χ3n) is 6.83. The van der Waals surface area contributed by atoms with Gasteiger partial charge in [-0.2, -0.15) is 0 Å². The van der Waals surface area contributed by atoms with Gasteiger partial charge in [-0.25, -0.2) is 9.37 Å². The molecular formula is C28H26FN3O4. The first-order chi connectivity index (χ1) is 17.4. The van der Waals surface area contributed by atoms with Crippen LogP contribution in [0, 0.1) is 5.82 Å². The minimum Gasteiger partial charge on any atom is -0.489 e. The van der Waals surface area contributed by atoms with Gasteiger partial charge >= 0.3 is 5.97 Å². The molecule has 0 saturated heterocycles. The molecule has 7 nitrogen and oxygen atoms in total. The van der Waals surface area contributed by atoms with E-state index in [-0.39, 0.29) is 24.2 Å². The van der Waals surface area contributed by atoms with E-state index in [1.165, 1.54) is 12.1 Å². The standard InChI is InChI=1S/C28H26FN3O4/c1-15(2)28-31-21-9-6-17(29)11-24(21)32(28)23-5-3-4-20-22(14-36-27(20)23)30-18-7-8-19-16(10-18)13-35-25(19)12-26(33)34/h3-11,15,22,25,30H,12-14H2,1-2H3,(H,33,34)/t22-,25+/m1/s1. The van der Waals surface area contributed by atoms with Gasteiger partial charge in [0.15, 0.2) is 0 Å². The van der Waals surface area contributed by atoms with Gasteiger partial charge in [0.25, 0.3) is 0 Å². The third-order valence-corrected chi connectivity index (χ3v) is 6.83. The Bertz CT molecular complexity index is 1500. The molecule has 0 unspecified atom stereocenters. The zero-order valence-electron chi connectivity index (χ0n) is 20.0. The average Bonchev–Trinajstić information content (AvgIpc) is 3.54. The van der Waals surface area contributed by atoms with Crippen LogP contribution in [-0.4, -0.2) is 27.2 Å². The monoisotopic (exact) mass is 487 g/mol. The van der Waals surface area contributed by atoms with Crippen LogP contribution in [-0.2, 0) is 16.1 Å². The van der Waals surface area contributed by atoms with Gasteiger partial charge in [0, 0.05) is 23.2 Å². The summed E-state index contributed by atoms with van der Waals surface area (Å²) in [6.07, 6.45) is -0.452. The number of hydrogen-bond acceptors (Lipinski definition) is 5. The summed E-state index contributed by atoms with van der Waals surface area (Å²) in [6, 6.07) is 16.5. The Morgan fingerprint density at radius 1 is 1.19 bits per heavy atom. The first-order valence-electron chi connectivity index (χ1n) is 12.1. The topological polar surface area (TPSA) is 85.6 Å². The number of carbonyl (C=O) groups is 1. The highest BCUT2D eigenvalue weighted by Gasteiger charge is 2.30. The van der Waals surface area contributed by atoms with Crippen molar-refractivity contribution in [3.8, 4) is 11.4 Å². The number of benzene rings is 3. The number of carboxylic acids is 1. The van der Waals surface area contributed by atoms with Gasteiger partial charge in [0.2, 0.25) is 0 Å². The summed E-state index contributed by atoms with van der Waals surface area (Å²) in [7, 11) is 0. The molecule has 184 valence electrons. The van der Waals surface area contributed by atoms with Crippen LogP contribution in [0.3, 0.4) is 0 Å². The van der Waals surface area contributed by atoms with E-state index in [1.807, 2.05) is 41.0 Å². The molecule has 2 N–H and O–H groups in total. The van der Waals surface area contributed by atoms with Crippen LogP contribution in [0.1, 0.15) is 60.8 Å². The van der Waals surface area contributed by atoms with Gasteiger partial charge < -0.3 is 19.9 Å². The number of anilines is 1. The number of rotatable bonds is 6. The Balaban J connectivity index is 1.34. The number of hydrogen-bond donors (Lipinski definition) is 2. The van der Waals surface area contributed by atoms with Gasteiger partial charge in [-0.05, 0) is 41.5 Å². The molecule has 4 aromatic rings. The van der Waals surface area contributed by atoms with Gasteiger partial charge in [0.05, 0.1) is 41.9 Å². The molecule has 3 heterocycles. The molecule has 0 spiro atoms. The quantitative estimate of drug-likeness (QED) is 0.353. The summed E-state index contributed by atoms with van der Waals surface area (Å²) in [5.74, 6) is 0.549. The van der Waals surface area contributed by atoms with Crippen LogP contribution >= 0.6 is 0 Å². The summed E-state index contributed by atoms with van der Waals surface area (Å²) in [6.45, 7) is 4.98. The lowest BCUT2D eigenvalue weighted by molar-refractivity contribution is -0.140. The highest BCUT2D eigenvalue weighted by atomic mass is 19.1. The predicted molar refractivity (Wildman–Crippen MR) is 133 cm³/mol. The van der Waals surface area contributed by atoms with Crippen molar-refractivity contribution in [2.75, 3.05) is 11.9 Å². The molecule has 2 aliphatic heterocycles. The molecule has 8 heteroatoms. The van der Waals surface area contributed by atoms with Crippen molar-refractivity contribution in [1.82, 2.24) is 9.55 Å². The Morgan fingerprint density at radius 2 is 2.06 bits per heavy atom. The molecule has 0 saturated carbocycles. The molecular weight excluding hydrogens is 461 g/mol. The summed E-state index contributed by atoms with van der Waals surface area (Å²) < 4.78 is 28.1. The number of fused-ring (bicyclic) bond motifs is 3. The Hall–Kier alpha value is -3.91. The van der Waals surface area contributed by atoms with Gasteiger partial charge in [0.1, 0.15) is 24.0 Å². The zero-order valence-corrected chi connectivity index (χ0v) is 20.0. The van der Waals surface area contributed by atoms with Gasteiger partial charge in [-0.3, -0.25) is 9.36 Å². The second kappa shape index (κ2) is 8.64. The lowest BCUT2D eigenvalue weighted by atomic mass is 10.0. The number of nitrogens with zero attached hydrogens (tertiary/aromatic N) is 2. The number of ether oxygens (including phenoxy) is 2. The maximum Gasteiger partial charge on any atom is 0.306 e. The lowest BCUT2D eigenvalue weighted by Gasteiger charge is -2.16. The van der Waals surface area contributed by atoms with Crippen molar-refractivity contribution in [2.24, 2.45) is 0 Å². The van der Waals surface area contributed by atoms with E-state index in [9.17, 15) is 9.18 Å². The fraction of sp³-hybridized carbons (Fsp3) is 0.286. The molecule has 3 aromatic carbocycles. The Labute approximate surface area is 207 Å². The highest BCUT2D eigenvalue weighted by molar-refractivity contribution is 5.80. The maximum absolute atomic E-state index is 14.2. The fourth-order valence-corrected chi connectivity index (χ4v) is 5.18. The molecule has 0 radical (unpaired) electrons. The minimum atomic E-state index is -0.875. The average molecular weight is 488 g/mol. The van der Waals surface area contributed by atoms with Crippen molar-refractivity contribution in [1.29, 1.82) is 0 Å². The number of imidazole rings is 1. The SMILES string of the molecule is CC(C)c1nc2ccc(F)cc2n1-c1cccc2c1OC[C@H]2Nc1ccc2c(c1)CO[C@H]2CC(=O)O. The predicted octanol–water partition coefficient (Wildman–Crippen LogP) is 5.88. The Kier molecular flexibility index (Phi) is 5.41. The van der Waals surface area contributed by atoms with Crippen molar-refractivity contribution in [3.05, 3.63) is 82.9 Å². The second-order valence-corrected chi connectivity index (χ2v) is 9.61. The van der Waals surface area contributed by atoms with Crippen LogP contribution in [0.4, 0.5) is 10.1 Å². The van der Waals surface area contributed by atoms with Gasteiger partial charge in [-0.1, -0.05) is 32.0 Å². The third kappa shape index (κ3) is 3.78. The van der Waals surface area contributed by atoms with E-state index in [1.54, 1.807) is 6.07 Å². The number of para-hydroxylation sites is 1. The molecule has 2 atom stereocenters. The number of aliphatic carboxylic acids is 1. The molecule has 2 aliphatic rings. The Morgan fingerprint density at radius 3 is 2.86 bits per heavy atom. The molecule has 1 aromatic heterocycles. The van der Waals surface area contributed by atoms with Crippen LogP contribution < -0.4 is 10.1 Å². The molecule has 0 amide bonds. The van der Waals surface area contributed by atoms with Crippen LogP contribution in [0.25, 0.3) is 16.7 Å². The molecule has 36 heavy (non-hydrogen) atoms. The highest BCUT2D eigenvalue weighted by Crippen LogP contribution is 2.42.